The first-order valence-electron chi connectivity index (χ1n) is 13.3. The van der Waals surface area contributed by atoms with Crippen molar-refractivity contribution in [2.24, 2.45) is 0 Å². The minimum Gasteiger partial charge on any atom is -0.507 e. The average molecular weight is 543 g/mol. The second-order valence-corrected chi connectivity index (χ2v) is 9.40. The molecule has 0 aliphatic carbocycles. The summed E-state index contributed by atoms with van der Waals surface area (Å²) in [7, 11) is 0. The van der Waals surface area contributed by atoms with E-state index in [1.807, 2.05) is 91.0 Å². The van der Waals surface area contributed by atoms with Crippen LogP contribution in [0.15, 0.2) is 133 Å². The molecule has 0 heterocycles. The number of ether oxygens (including phenoxy) is 3. The van der Waals surface area contributed by atoms with Crippen molar-refractivity contribution in [3.63, 3.8) is 0 Å². The van der Waals surface area contributed by atoms with Crippen LogP contribution in [0.5, 0.6) is 23.0 Å². The van der Waals surface area contributed by atoms with Crippen molar-refractivity contribution >= 4 is 11.9 Å². The molecular formula is C36H30O5. The van der Waals surface area contributed by atoms with Crippen LogP contribution in [0.1, 0.15) is 32.6 Å². The second-order valence-electron chi connectivity index (χ2n) is 9.40. The van der Waals surface area contributed by atoms with E-state index in [1.165, 1.54) is 6.08 Å². The average Bonchev–Trinajstić information content (AvgIpc) is 3.02. The Morgan fingerprint density at radius 1 is 0.585 bits per heavy atom. The summed E-state index contributed by atoms with van der Waals surface area (Å²) in [6, 6.07) is 39.6. The topological polar surface area (TPSA) is 65.0 Å². The zero-order chi connectivity index (χ0) is 28.3. The van der Waals surface area contributed by atoms with Crippen molar-refractivity contribution < 1.29 is 24.1 Å². The number of allylic oxidation sites excluding steroid dienone is 1. The number of benzene rings is 5. The SMILES string of the molecule is O=C(C=Cc1ccc(OCc2ccccc2)cc1O)c1ccc(OCc2ccccc2)cc1OCc1ccccc1. The summed E-state index contributed by atoms with van der Waals surface area (Å²) in [5.41, 5.74) is 3.95. The van der Waals surface area contributed by atoms with Gasteiger partial charge in [0.2, 0.25) is 0 Å². The lowest BCUT2D eigenvalue weighted by atomic mass is 10.1. The smallest absolute Gasteiger partial charge is 0.189 e. The van der Waals surface area contributed by atoms with E-state index in [4.69, 9.17) is 14.2 Å². The fourth-order valence-corrected chi connectivity index (χ4v) is 4.14. The molecule has 0 radical (unpaired) electrons. The molecular weight excluding hydrogens is 512 g/mol. The van der Waals surface area contributed by atoms with Gasteiger partial charge in [0.1, 0.15) is 42.8 Å². The van der Waals surface area contributed by atoms with Gasteiger partial charge in [0, 0.05) is 17.7 Å². The molecule has 0 amide bonds. The number of hydrogen-bond acceptors (Lipinski definition) is 5. The van der Waals surface area contributed by atoms with E-state index in [1.54, 1.807) is 42.5 Å². The maximum absolute atomic E-state index is 13.3. The minimum atomic E-state index is -0.258. The van der Waals surface area contributed by atoms with Crippen LogP contribution in [-0.2, 0) is 19.8 Å². The van der Waals surface area contributed by atoms with Gasteiger partial charge >= 0.3 is 0 Å². The Bertz CT molecular complexity index is 1600. The number of carbonyl (C=O) groups is 1. The van der Waals surface area contributed by atoms with Crippen LogP contribution < -0.4 is 14.2 Å². The van der Waals surface area contributed by atoms with Crippen LogP contribution >= 0.6 is 0 Å². The number of carbonyl (C=O) groups excluding carboxylic acids is 1. The number of aromatic hydroxyl groups is 1. The number of phenols is 1. The Hall–Kier alpha value is -5.29. The van der Waals surface area contributed by atoms with E-state index in [9.17, 15) is 9.90 Å². The first-order valence-corrected chi connectivity index (χ1v) is 13.3. The van der Waals surface area contributed by atoms with Gasteiger partial charge in [-0.15, -0.1) is 0 Å². The number of phenolic OH excluding ortho intramolecular Hbond substituents is 1. The summed E-state index contributed by atoms with van der Waals surface area (Å²) in [6.45, 7) is 1.10. The van der Waals surface area contributed by atoms with E-state index in [0.717, 1.165) is 16.7 Å². The molecule has 204 valence electrons. The molecule has 5 rings (SSSR count). The second kappa shape index (κ2) is 13.7. The monoisotopic (exact) mass is 542 g/mol. The van der Waals surface area contributed by atoms with Crippen molar-refractivity contribution in [1.82, 2.24) is 0 Å². The highest BCUT2D eigenvalue weighted by Gasteiger charge is 2.13. The Balaban J connectivity index is 1.29. The summed E-state index contributed by atoms with van der Waals surface area (Å²) >= 11 is 0. The minimum absolute atomic E-state index is 0.0184. The fraction of sp³-hybridized carbons (Fsp3) is 0.0833. The molecule has 0 aliphatic heterocycles. The van der Waals surface area contributed by atoms with E-state index in [-0.39, 0.29) is 11.5 Å². The van der Waals surface area contributed by atoms with Crippen LogP contribution in [0.2, 0.25) is 0 Å². The van der Waals surface area contributed by atoms with Gasteiger partial charge in [-0.3, -0.25) is 4.79 Å². The Labute approximate surface area is 239 Å². The first kappa shape index (κ1) is 27.3. The molecule has 5 aromatic rings. The molecule has 0 atom stereocenters. The molecule has 0 saturated heterocycles. The lowest BCUT2D eigenvalue weighted by molar-refractivity contribution is 0.104. The zero-order valence-electron chi connectivity index (χ0n) is 22.5. The Morgan fingerprint density at radius 2 is 1.07 bits per heavy atom. The number of hydrogen-bond donors (Lipinski definition) is 1. The maximum Gasteiger partial charge on any atom is 0.189 e. The summed E-state index contributed by atoms with van der Waals surface area (Å²) in [4.78, 5) is 13.3. The summed E-state index contributed by atoms with van der Waals surface area (Å²) < 4.78 is 17.8. The predicted molar refractivity (Wildman–Crippen MR) is 160 cm³/mol. The van der Waals surface area contributed by atoms with Gasteiger partial charge in [-0.1, -0.05) is 91.0 Å². The lowest BCUT2D eigenvalue weighted by Gasteiger charge is -2.13. The third-order valence-electron chi connectivity index (χ3n) is 6.37. The molecule has 0 fully saturated rings. The third kappa shape index (κ3) is 7.87. The zero-order valence-corrected chi connectivity index (χ0v) is 22.5. The van der Waals surface area contributed by atoms with E-state index < -0.39 is 0 Å². The number of ketones is 1. The van der Waals surface area contributed by atoms with Crippen molar-refractivity contribution in [1.29, 1.82) is 0 Å². The van der Waals surface area contributed by atoms with Gasteiger partial charge in [0.25, 0.3) is 0 Å². The van der Waals surface area contributed by atoms with Crippen molar-refractivity contribution in [2.45, 2.75) is 19.8 Å². The van der Waals surface area contributed by atoms with E-state index in [0.29, 0.717) is 48.2 Å². The highest BCUT2D eigenvalue weighted by atomic mass is 16.5. The largest absolute Gasteiger partial charge is 0.507 e. The molecule has 0 aliphatic rings. The van der Waals surface area contributed by atoms with Gasteiger partial charge in [-0.25, -0.2) is 0 Å². The van der Waals surface area contributed by atoms with Crippen molar-refractivity contribution in [3.05, 3.63) is 161 Å². The molecule has 41 heavy (non-hydrogen) atoms. The third-order valence-corrected chi connectivity index (χ3v) is 6.37. The molecule has 5 aromatic carbocycles. The molecule has 0 bridgehead atoms. The molecule has 0 unspecified atom stereocenters. The molecule has 5 heteroatoms. The lowest BCUT2D eigenvalue weighted by Crippen LogP contribution is -2.04. The van der Waals surface area contributed by atoms with Gasteiger partial charge in [-0.2, -0.15) is 0 Å². The van der Waals surface area contributed by atoms with E-state index >= 15 is 0 Å². The quantitative estimate of drug-likeness (QED) is 0.128. The highest BCUT2D eigenvalue weighted by molar-refractivity contribution is 6.08. The molecule has 5 nitrogen and oxygen atoms in total. The van der Waals surface area contributed by atoms with Crippen molar-refractivity contribution in [2.75, 3.05) is 0 Å². The summed E-state index contributed by atoms with van der Waals surface area (Å²) in [6.07, 6.45) is 3.01. The fourth-order valence-electron chi connectivity index (χ4n) is 4.14. The van der Waals surface area contributed by atoms with Crippen LogP contribution in [0, 0.1) is 0 Å². The maximum atomic E-state index is 13.3. The number of rotatable bonds is 12. The van der Waals surface area contributed by atoms with Crippen LogP contribution in [0.25, 0.3) is 6.08 Å². The summed E-state index contributed by atoms with van der Waals surface area (Å²) in [5, 5.41) is 10.5. The van der Waals surface area contributed by atoms with Gasteiger partial charge in [-0.05, 0) is 53.1 Å². The van der Waals surface area contributed by atoms with Gasteiger partial charge < -0.3 is 19.3 Å². The summed E-state index contributed by atoms with van der Waals surface area (Å²) in [5.74, 6) is 1.32. The highest BCUT2D eigenvalue weighted by Crippen LogP contribution is 2.29. The molecule has 1 N–H and O–H groups in total. The van der Waals surface area contributed by atoms with Gasteiger partial charge in [0.15, 0.2) is 5.78 Å². The standard InChI is InChI=1S/C36H30O5/c37-34(21-17-30-16-18-31(22-35(30)38)39-24-27-10-4-1-5-11-27)33-20-19-32(40-25-28-12-6-2-7-13-28)23-36(33)41-26-29-14-8-3-9-15-29/h1-23,38H,24-26H2. The van der Waals surface area contributed by atoms with Crippen molar-refractivity contribution in [3.8, 4) is 23.0 Å². The Morgan fingerprint density at radius 3 is 1.61 bits per heavy atom. The van der Waals surface area contributed by atoms with Crippen LogP contribution in [0.4, 0.5) is 0 Å². The van der Waals surface area contributed by atoms with Gasteiger partial charge in [0.05, 0.1) is 5.56 Å². The van der Waals surface area contributed by atoms with Crippen LogP contribution in [0.3, 0.4) is 0 Å². The van der Waals surface area contributed by atoms with E-state index in [2.05, 4.69) is 0 Å². The normalized spacial score (nSPS) is 10.8. The molecule has 0 spiro atoms. The molecule has 0 saturated carbocycles. The van der Waals surface area contributed by atoms with Crippen LogP contribution in [-0.4, -0.2) is 10.9 Å². The Kier molecular flexibility index (Phi) is 9.10. The first-order chi connectivity index (χ1) is 20.1. The predicted octanol–water partition coefficient (Wildman–Crippen LogP) is 8.03. The molecule has 0 aromatic heterocycles.